The van der Waals surface area contributed by atoms with Gasteiger partial charge in [-0.25, -0.2) is 9.59 Å². The number of rotatable bonds is 10. The first-order valence-electron chi connectivity index (χ1n) is 7.10. The van der Waals surface area contributed by atoms with E-state index in [9.17, 15) is 14.4 Å². The molecule has 0 aliphatic heterocycles. The average Bonchev–Trinajstić information content (AvgIpc) is 3.26. The van der Waals surface area contributed by atoms with Crippen LogP contribution in [0.3, 0.4) is 0 Å². The van der Waals surface area contributed by atoms with Gasteiger partial charge in [-0.3, -0.25) is 4.79 Å². The topological polar surface area (TPSA) is 117 Å². The minimum atomic E-state index is -1.18. The number of hydrogen-bond donors (Lipinski definition) is 4. The molecule has 0 heterocycles. The van der Waals surface area contributed by atoms with E-state index in [0.717, 1.165) is 13.0 Å². The molecule has 0 aromatic heterocycles. The molecule has 0 aromatic rings. The summed E-state index contributed by atoms with van der Waals surface area (Å²) in [5.41, 5.74) is 0. The molecule has 1 fully saturated rings. The fraction of sp³-hybridized carbons (Fsp3) is 0.769. The summed E-state index contributed by atoms with van der Waals surface area (Å²) in [6.45, 7) is 1.30. The van der Waals surface area contributed by atoms with Gasteiger partial charge < -0.3 is 25.8 Å². The molecule has 1 atom stereocenters. The van der Waals surface area contributed by atoms with Gasteiger partial charge in [0.05, 0.1) is 7.11 Å². The van der Waals surface area contributed by atoms with Crippen molar-refractivity contribution in [2.75, 3.05) is 20.2 Å². The molecule has 2 amide bonds. The lowest BCUT2D eigenvalue weighted by Gasteiger charge is -2.14. The van der Waals surface area contributed by atoms with Crippen molar-refractivity contribution in [3.8, 4) is 0 Å². The average molecular weight is 301 g/mol. The van der Waals surface area contributed by atoms with Crippen LogP contribution in [0, 0.1) is 0 Å². The fourth-order valence-corrected chi connectivity index (χ4v) is 1.71. The van der Waals surface area contributed by atoms with E-state index in [1.807, 2.05) is 0 Å². The molecule has 0 spiro atoms. The van der Waals surface area contributed by atoms with Gasteiger partial charge in [0.1, 0.15) is 6.04 Å². The van der Waals surface area contributed by atoms with Gasteiger partial charge in [-0.05, 0) is 32.2 Å². The minimum Gasteiger partial charge on any atom is -0.480 e. The van der Waals surface area contributed by atoms with Crippen LogP contribution >= 0.6 is 0 Å². The Hall–Kier alpha value is -1.83. The first kappa shape index (κ1) is 17.2. The molecule has 21 heavy (non-hydrogen) atoms. The third kappa shape index (κ3) is 8.13. The van der Waals surface area contributed by atoms with Gasteiger partial charge in [-0.15, -0.1) is 0 Å². The number of aliphatic carboxylic acids is 1. The van der Waals surface area contributed by atoms with E-state index in [0.29, 0.717) is 12.6 Å². The van der Waals surface area contributed by atoms with Crippen LogP contribution in [0.2, 0.25) is 0 Å². The molecule has 0 saturated heterocycles. The van der Waals surface area contributed by atoms with Gasteiger partial charge in [0.2, 0.25) is 0 Å². The number of carboxylic acid groups (broad SMARTS) is 1. The molecular formula is C13H23N3O5. The maximum Gasteiger partial charge on any atom is 0.326 e. The van der Waals surface area contributed by atoms with E-state index in [1.54, 1.807) is 0 Å². The van der Waals surface area contributed by atoms with Crippen molar-refractivity contribution in [2.45, 2.75) is 44.2 Å². The Kier molecular flexibility index (Phi) is 7.52. The number of nitrogens with one attached hydrogen (secondary N) is 3. The minimum absolute atomic E-state index is 0.00133. The molecule has 1 aliphatic carbocycles. The highest BCUT2D eigenvalue weighted by Crippen LogP contribution is 2.18. The van der Waals surface area contributed by atoms with E-state index < -0.39 is 24.0 Å². The van der Waals surface area contributed by atoms with Gasteiger partial charge in [0.15, 0.2) is 0 Å². The van der Waals surface area contributed by atoms with Crippen molar-refractivity contribution in [2.24, 2.45) is 0 Å². The summed E-state index contributed by atoms with van der Waals surface area (Å²) in [4.78, 5) is 33.5. The Morgan fingerprint density at radius 3 is 2.57 bits per heavy atom. The number of hydrogen-bond acceptors (Lipinski definition) is 5. The highest BCUT2D eigenvalue weighted by Gasteiger charge is 2.21. The van der Waals surface area contributed by atoms with Crippen molar-refractivity contribution < 1.29 is 24.2 Å². The molecule has 0 aromatic carbocycles. The smallest absolute Gasteiger partial charge is 0.326 e. The number of esters is 1. The number of carbonyl (C=O) groups excluding carboxylic acids is 2. The second-order valence-corrected chi connectivity index (χ2v) is 4.99. The molecule has 120 valence electrons. The molecule has 1 aliphatic rings. The molecule has 0 bridgehead atoms. The summed E-state index contributed by atoms with van der Waals surface area (Å²) < 4.78 is 4.43. The maximum atomic E-state index is 11.6. The quantitative estimate of drug-likeness (QED) is 0.329. The summed E-state index contributed by atoms with van der Waals surface area (Å²) in [6.07, 6.45) is 3.16. The SMILES string of the molecule is COC(=O)CC[C@H](NC(=O)NCCCNC1CC1)C(=O)O. The molecule has 0 radical (unpaired) electrons. The highest BCUT2D eigenvalue weighted by atomic mass is 16.5. The standard InChI is InChI=1S/C13H23N3O5/c1-21-11(17)6-5-10(12(18)19)16-13(20)15-8-2-7-14-9-3-4-9/h9-10,14H,2-8H2,1H3,(H,18,19)(H2,15,16,20)/t10-/m0/s1. The van der Waals surface area contributed by atoms with Gasteiger partial charge in [-0.2, -0.15) is 0 Å². The maximum absolute atomic E-state index is 11.6. The van der Waals surface area contributed by atoms with E-state index in [1.165, 1.54) is 20.0 Å². The van der Waals surface area contributed by atoms with Crippen LogP contribution in [0.4, 0.5) is 4.79 Å². The summed E-state index contributed by atoms with van der Waals surface area (Å²) in [6, 6.07) is -1.01. The summed E-state index contributed by atoms with van der Waals surface area (Å²) >= 11 is 0. The number of methoxy groups -OCH3 is 1. The van der Waals surface area contributed by atoms with Gasteiger partial charge >= 0.3 is 18.0 Å². The summed E-state index contributed by atoms with van der Waals surface area (Å²) in [5.74, 6) is -1.68. The zero-order valence-electron chi connectivity index (χ0n) is 12.2. The Balaban J connectivity index is 2.14. The lowest BCUT2D eigenvalue weighted by molar-refractivity contribution is -0.142. The van der Waals surface area contributed by atoms with Crippen LogP contribution in [0.15, 0.2) is 0 Å². The molecule has 1 rings (SSSR count). The predicted octanol–water partition coefficient (Wildman–Crippen LogP) is -0.166. The molecule has 1 saturated carbocycles. The van der Waals surface area contributed by atoms with Gasteiger partial charge in [-0.1, -0.05) is 0 Å². The zero-order valence-corrected chi connectivity index (χ0v) is 12.2. The Labute approximate surface area is 123 Å². The van der Waals surface area contributed by atoms with E-state index >= 15 is 0 Å². The lowest BCUT2D eigenvalue weighted by atomic mass is 10.1. The van der Waals surface area contributed by atoms with Crippen molar-refractivity contribution in [3.63, 3.8) is 0 Å². The monoisotopic (exact) mass is 301 g/mol. The molecule has 8 heteroatoms. The van der Waals surface area contributed by atoms with Crippen molar-refractivity contribution in [3.05, 3.63) is 0 Å². The number of urea groups is 1. The fourth-order valence-electron chi connectivity index (χ4n) is 1.71. The van der Waals surface area contributed by atoms with Gasteiger partial charge in [0.25, 0.3) is 0 Å². The van der Waals surface area contributed by atoms with Crippen LogP contribution in [0.1, 0.15) is 32.1 Å². The molecular weight excluding hydrogens is 278 g/mol. The lowest BCUT2D eigenvalue weighted by Crippen LogP contribution is -2.46. The van der Waals surface area contributed by atoms with Crippen LogP contribution in [0.5, 0.6) is 0 Å². The van der Waals surface area contributed by atoms with E-state index in [2.05, 4.69) is 20.7 Å². The normalized spacial score (nSPS) is 15.1. The van der Waals surface area contributed by atoms with Gasteiger partial charge in [0, 0.05) is 19.0 Å². The van der Waals surface area contributed by atoms with E-state index in [4.69, 9.17) is 5.11 Å². The van der Waals surface area contributed by atoms with Crippen molar-refractivity contribution in [1.82, 2.24) is 16.0 Å². The van der Waals surface area contributed by atoms with Crippen LogP contribution in [-0.4, -0.2) is 55.4 Å². The number of ether oxygens (including phenoxy) is 1. The molecule has 8 nitrogen and oxygen atoms in total. The second-order valence-electron chi connectivity index (χ2n) is 4.99. The van der Waals surface area contributed by atoms with Crippen molar-refractivity contribution >= 4 is 18.0 Å². The Morgan fingerprint density at radius 1 is 1.29 bits per heavy atom. The third-order valence-corrected chi connectivity index (χ3v) is 3.12. The highest BCUT2D eigenvalue weighted by molar-refractivity contribution is 5.83. The Bertz CT molecular complexity index is 371. The van der Waals surface area contributed by atoms with Crippen LogP contribution in [-0.2, 0) is 14.3 Å². The molecule has 0 unspecified atom stereocenters. The third-order valence-electron chi connectivity index (χ3n) is 3.12. The number of amides is 2. The largest absolute Gasteiger partial charge is 0.480 e. The first-order chi connectivity index (χ1) is 10.0. The van der Waals surface area contributed by atoms with Crippen LogP contribution < -0.4 is 16.0 Å². The first-order valence-corrected chi connectivity index (χ1v) is 7.10. The van der Waals surface area contributed by atoms with Crippen molar-refractivity contribution in [1.29, 1.82) is 0 Å². The summed E-state index contributed by atoms with van der Waals surface area (Å²) in [5, 5.41) is 17.2. The Morgan fingerprint density at radius 2 is 2.00 bits per heavy atom. The van der Waals surface area contributed by atoms with E-state index in [-0.39, 0.29) is 12.8 Å². The van der Waals surface area contributed by atoms with Crippen LogP contribution in [0.25, 0.3) is 0 Å². The summed E-state index contributed by atoms with van der Waals surface area (Å²) in [7, 11) is 1.23. The number of carbonyl (C=O) groups is 3. The number of carboxylic acids is 1. The predicted molar refractivity (Wildman–Crippen MR) is 74.8 cm³/mol. The zero-order chi connectivity index (χ0) is 15.7. The second kappa shape index (κ2) is 9.17. The molecule has 4 N–H and O–H groups in total.